The van der Waals surface area contributed by atoms with Crippen molar-refractivity contribution in [3.63, 3.8) is 0 Å². The Hall–Kier alpha value is -0.860. The summed E-state index contributed by atoms with van der Waals surface area (Å²) in [4.78, 5) is 4.09. The number of aromatic nitrogens is 2. The van der Waals surface area contributed by atoms with Gasteiger partial charge in [0.1, 0.15) is 0 Å². The van der Waals surface area contributed by atoms with Gasteiger partial charge in [0.15, 0.2) is 5.82 Å². The molecule has 0 N–H and O–H groups in total. The lowest BCUT2D eigenvalue weighted by molar-refractivity contribution is 0.376. The SMILES string of the molecule is CC.Cc1noc(C2CC2)n1. The van der Waals surface area contributed by atoms with E-state index in [0.717, 1.165) is 11.7 Å². The van der Waals surface area contributed by atoms with Crippen molar-refractivity contribution in [1.29, 1.82) is 0 Å². The average Bonchev–Trinajstić information content (AvgIpc) is 2.80. The van der Waals surface area contributed by atoms with E-state index in [1.54, 1.807) is 0 Å². The van der Waals surface area contributed by atoms with Crippen LogP contribution in [-0.2, 0) is 0 Å². The minimum Gasteiger partial charge on any atom is -0.339 e. The van der Waals surface area contributed by atoms with Gasteiger partial charge in [-0.05, 0) is 19.8 Å². The highest BCUT2D eigenvalue weighted by atomic mass is 16.5. The van der Waals surface area contributed by atoms with Crippen LogP contribution in [0.5, 0.6) is 0 Å². The molecule has 0 bridgehead atoms. The molecule has 1 aliphatic rings. The lowest BCUT2D eigenvalue weighted by Gasteiger charge is -1.78. The fourth-order valence-electron chi connectivity index (χ4n) is 0.809. The molecule has 0 aromatic carbocycles. The first-order valence-corrected chi connectivity index (χ1v) is 4.16. The molecule has 1 aromatic heterocycles. The molecule has 2 rings (SSSR count). The van der Waals surface area contributed by atoms with Crippen LogP contribution in [0.2, 0.25) is 0 Å². The largest absolute Gasteiger partial charge is 0.339 e. The van der Waals surface area contributed by atoms with Crippen LogP contribution in [0.3, 0.4) is 0 Å². The van der Waals surface area contributed by atoms with Crippen LogP contribution >= 0.6 is 0 Å². The molecule has 62 valence electrons. The zero-order valence-corrected chi connectivity index (χ0v) is 7.29. The van der Waals surface area contributed by atoms with Crippen molar-refractivity contribution in [1.82, 2.24) is 10.1 Å². The van der Waals surface area contributed by atoms with Crippen molar-refractivity contribution < 1.29 is 4.52 Å². The Morgan fingerprint density at radius 3 is 2.36 bits per heavy atom. The molecule has 1 aliphatic carbocycles. The van der Waals surface area contributed by atoms with Crippen LogP contribution in [0.4, 0.5) is 0 Å². The van der Waals surface area contributed by atoms with Crippen LogP contribution in [0, 0.1) is 6.92 Å². The minimum atomic E-state index is 0.589. The van der Waals surface area contributed by atoms with Crippen LogP contribution in [0.15, 0.2) is 4.52 Å². The molecule has 1 fully saturated rings. The monoisotopic (exact) mass is 154 g/mol. The molecule has 1 saturated carbocycles. The van der Waals surface area contributed by atoms with Crippen molar-refractivity contribution >= 4 is 0 Å². The highest BCUT2D eigenvalue weighted by Crippen LogP contribution is 2.38. The first kappa shape index (κ1) is 8.24. The highest BCUT2D eigenvalue weighted by Gasteiger charge is 2.28. The third-order valence-electron chi connectivity index (χ3n) is 1.47. The average molecular weight is 154 g/mol. The predicted molar refractivity (Wildman–Crippen MR) is 42.4 cm³/mol. The first-order valence-electron chi connectivity index (χ1n) is 4.16. The summed E-state index contributed by atoms with van der Waals surface area (Å²) in [6, 6.07) is 0. The molecule has 1 aromatic rings. The summed E-state index contributed by atoms with van der Waals surface area (Å²) >= 11 is 0. The number of hydrogen-bond acceptors (Lipinski definition) is 3. The van der Waals surface area contributed by atoms with E-state index in [0.29, 0.717) is 5.92 Å². The van der Waals surface area contributed by atoms with Gasteiger partial charge in [0.2, 0.25) is 5.89 Å². The maximum absolute atomic E-state index is 4.93. The Labute approximate surface area is 66.8 Å². The molecule has 0 spiro atoms. The number of hydrogen-bond donors (Lipinski definition) is 0. The third kappa shape index (κ3) is 2.03. The maximum Gasteiger partial charge on any atom is 0.229 e. The molecular formula is C8H14N2O. The van der Waals surface area contributed by atoms with E-state index < -0.39 is 0 Å². The Morgan fingerprint density at radius 2 is 2.00 bits per heavy atom. The van der Waals surface area contributed by atoms with Gasteiger partial charge in [0.25, 0.3) is 0 Å². The number of nitrogens with zero attached hydrogens (tertiary/aromatic N) is 2. The lowest BCUT2D eigenvalue weighted by Crippen LogP contribution is -1.76. The molecule has 3 nitrogen and oxygen atoms in total. The standard InChI is InChI=1S/C6H8N2O.C2H6/c1-4-7-6(9-8-4)5-2-3-5;1-2/h5H,2-3H2,1H3;1-2H3. The number of aryl methyl sites for hydroxylation is 1. The zero-order chi connectivity index (χ0) is 8.27. The summed E-state index contributed by atoms with van der Waals surface area (Å²) in [6.07, 6.45) is 2.45. The van der Waals surface area contributed by atoms with Crippen molar-refractivity contribution in [2.45, 2.75) is 39.5 Å². The van der Waals surface area contributed by atoms with Crippen LogP contribution in [-0.4, -0.2) is 10.1 Å². The second-order valence-electron chi connectivity index (χ2n) is 2.45. The highest BCUT2D eigenvalue weighted by molar-refractivity contribution is 5.00. The zero-order valence-electron chi connectivity index (χ0n) is 7.29. The molecule has 0 radical (unpaired) electrons. The van der Waals surface area contributed by atoms with Gasteiger partial charge < -0.3 is 4.52 Å². The van der Waals surface area contributed by atoms with Gasteiger partial charge in [-0.3, -0.25) is 0 Å². The van der Waals surface area contributed by atoms with Crippen molar-refractivity contribution in [3.05, 3.63) is 11.7 Å². The molecule has 0 saturated heterocycles. The minimum absolute atomic E-state index is 0.589. The smallest absolute Gasteiger partial charge is 0.229 e. The van der Waals surface area contributed by atoms with Gasteiger partial charge in [0.05, 0.1) is 0 Å². The summed E-state index contributed by atoms with van der Waals surface area (Å²) < 4.78 is 4.93. The Bertz CT molecular complexity index is 216. The number of rotatable bonds is 1. The second-order valence-corrected chi connectivity index (χ2v) is 2.45. The maximum atomic E-state index is 4.93. The molecule has 3 heteroatoms. The first-order chi connectivity index (χ1) is 5.36. The second kappa shape index (κ2) is 3.51. The van der Waals surface area contributed by atoms with E-state index in [-0.39, 0.29) is 0 Å². The topological polar surface area (TPSA) is 38.9 Å². The van der Waals surface area contributed by atoms with Crippen molar-refractivity contribution in [2.75, 3.05) is 0 Å². The van der Waals surface area contributed by atoms with Gasteiger partial charge in [-0.2, -0.15) is 4.98 Å². The fourth-order valence-corrected chi connectivity index (χ4v) is 0.809. The predicted octanol–water partition coefficient (Wildman–Crippen LogP) is 2.28. The van der Waals surface area contributed by atoms with Gasteiger partial charge in [-0.15, -0.1) is 0 Å². The molecule has 11 heavy (non-hydrogen) atoms. The summed E-state index contributed by atoms with van der Waals surface area (Å²) in [5, 5.41) is 3.69. The van der Waals surface area contributed by atoms with Gasteiger partial charge >= 0.3 is 0 Å². The normalized spacial score (nSPS) is 15.5. The summed E-state index contributed by atoms with van der Waals surface area (Å²) in [6.45, 7) is 5.84. The van der Waals surface area contributed by atoms with Crippen LogP contribution in [0.1, 0.15) is 44.3 Å². The van der Waals surface area contributed by atoms with E-state index in [1.807, 2.05) is 20.8 Å². The van der Waals surface area contributed by atoms with E-state index in [9.17, 15) is 0 Å². The Morgan fingerprint density at radius 1 is 1.36 bits per heavy atom. The Balaban J connectivity index is 0.000000281. The molecule has 0 unspecified atom stereocenters. The van der Waals surface area contributed by atoms with Gasteiger partial charge in [0, 0.05) is 5.92 Å². The fraction of sp³-hybridized carbons (Fsp3) is 0.750. The quantitative estimate of drug-likeness (QED) is 0.623. The van der Waals surface area contributed by atoms with Crippen LogP contribution in [0.25, 0.3) is 0 Å². The summed E-state index contributed by atoms with van der Waals surface area (Å²) in [5.74, 6) is 2.16. The molecule has 0 amide bonds. The van der Waals surface area contributed by atoms with Gasteiger partial charge in [-0.1, -0.05) is 19.0 Å². The molecular weight excluding hydrogens is 140 g/mol. The van der Waals surface area contributed by atoms with E-state index in [2.05, 4.69) is 10.1 Å². The summed E-state index contributed by atoms with van der Waals surface area (Å²) in [5.41, 5.74) is 0. The Kier molecular flexibility index (Phi) is 2.63. The van der Waals surface area contributed by atoms with Crippen LogP contribution < -0.4 is 0 Å². The van der Waals surface area contributed by atoms with Gasteiger partial charge in [-0.25, -0.2) is 0 Å². The van der Waals surface area contributed by atoms with E-state index in [1.165, 1.54) is 12.8 Å². The summed E-state index contributed by atoms with van der Waals surface area (Å²) in [7, 11) is 0. The van der Waals surface area contributed by atoms with Crippen molar-refractivity contribution in [2.24, 2.45) is 0 Å². The molecule has 0 atom stereocenters. The van der Waals surface area contributed by atoms with E-state index >= 15 is 0 Å². The van der Waals surface area contributed by atoms with Crippen molar-refractivity contribution in [3.8, 4) is 0 Å². The lowest BCUT2D eigenvalue weighted by atomic mass is 10.4. The third-order valence-corrected chi connectivity index (χ3v) is 1.47. The molecule has 0 aliphatic heterocycles. The molecule has 1 heterocycles. The van der Waals surface area contributed by atoms with E-state index in [4.69, 9.17) is 4.52 Å².